The summed E-state index contributed by atoms with van der Waals surface area (Å²) in [5.74, 6) is 3.04. The molecule has 5 nitrogen and oxygen atoms in total. The lowest BCUT2D eigenvalue weighted by molar-refractivity contribution is 0.477. The van der Waals surface area contributed by atoms with Crippen LogP contribution < -0.4 is 10.6 Å². The van der Waals surface area contributed by atoms with Crippen LogP contribution in [-0.2, 0) is 13.0 Å². The molecule has 0 bridgehead atoms. The fourth-order valence-electron chi connectivity index (χ4n) is 3.61. The molecule has 26 heavy (non-hydrogen) atoms. The molecule has 0 spiro atoms. The number of aryl methyl sites for hydroxylation is 1. The Balaban J connectivity index is 1.50. The molecule has 0 aliphatic carbocycles. The summed E-state index contributed by atoms with van der Waals surface area (Å²) >= 11 is 0. The van der Waals surface area contributed by atoms with Crippen LogP contribution in [0.1, 0.15) is 40.7 Å². The van der Waals surface area contributed by atoms with Crippen molar-refractivity contribution in [1.29, 1.82) is 0 Å². The van der Waals surface area contributed by atoms with Gasteiger partial charge in [-0.05, 0) is 44.0 Å². The van der Waals surface area contributed by atoms with Gasteiger partial charge in [0.25, 0.3) is 0 Å². The summed E-state index contributed by atoms with van der Waals surface area (Å²) < 4.78 is 5.70. The van der Waals surface area contributed by atoms with Gasteiger partial charge in [-0.1, -0.05) is 30.3 Å². The van der Waals surface area contributed by atoms with Gasteiger partial charge in [0.05, 0.1) is 12.0 Å². The van der Waals surface area contributed by atoms with E-state index in [-0.39, 0.29) is 5.92 Å². The van der Waals surface area contributed by atoms with Crippen LogP contribution in [-0.4, -0.2) is 23.1 Å². The van der Waals surface area contributed by atoms with Crippen LogP contribution in [0.5, 0.6) is 0 Å². The highest BCUT2D eigenvalue weighted by atomic mass is 16.3. The van der Waals surface area contributed by atoms with Gasteiger partial charge in [-0.3, -0.25) is 0 Å². The summed E-state index contributed by atoms with van der Waals surface area (Å²) in [7, 11) is 0. The van der Waals surface area contributed by atoms with Crippen molar-refractivity contribution in [3.63, 3.8) is 0 Å². The SMILES string of the molecule is Cc1nc2c(c(NCCC(c3ccccc3)c3ccco3)n1)CCNC2. The lowest BCUT2D eigenvalue weighted by Crippen LogP contribution is -2.27. The van der Waals surface area contributed by atoms with Gasteiger partial charge in [0.2, 0.25) is 0 Å². The van der Waals surface area contributed by atoms with E-state index in [2.05, 4.69) is 50.9 Å². The van der Waals surface area contributed by atoms with Crippen molar-refractivity contribution >= 4 is 5.82 Å². The van der Waals surface area contributed by atoms with Gasteiger partial charge >= 0.3 is 0 Å². The fourth-order valence-corrected chi connectivity index (χ4v) is 3.61. The highest BCUT2D eigenvalue weighted by Crippen LogP contribution is 2.28. The molecule has 2 aromatic heterocycles. The molecule has 0 saturated heterocycles. The van der Waals surface area contributed by atoms with Crippen molar-refractivity contribution < 1.29 is 4.42 Å². The Kier molecular flexibility index (Phi) is 4.97. The van der Waals surface area contributed by atoms with E-state index in [0.717, 1.165) is 55.6 Å². The first-order valence-corrected chi connectivity index (χ1v) is 9.20. The topological polar surface area (TPSA) is 63.0 Å². The second-order valence-electron chi connectivity index (χ2n) is 6.67. The Hall–Kier alpha value is -2.66. The summed E-state index contributed by atoms with van der Waals surface area (Å²) in [5, 5.41) is 6.93. The van der Waals surface area contributed by atoms with Crippen LogP contribution in [0.15, 0.2) is 53.1 Å². The molecule has 3 aromatic rings. The number of fused-ring (bicyclic) bond motifs is 1. The molecule has 1 aromatic carbocycles. The van der Waals surface area contributed by atoms with Crippen molar-refractivity contribution in [1.82, 2.24) is 15.3 Å². The first-order valence-electron chi connectivity index (χ1n) is 9.20. The number of hydrogen-bond donors (Lipinski definition) is 2. The quantitative estimate of drug-likeness (QED) is 0.712. The monoisotopic (exact) mass is 348 g/mol. The maximum absolute atomic E-state index is 5.70. The zero-order valence-electron chi connectivity index (χ0n) is 15.0. The predicted octanol–water partition coefficient (Wildman–Crippen LogP) is 3.66. The fraction of sp³-hybridized carbons (Fsp3) is 0.333. The van der Waals surface area contributed by atoms with Crippen LogP contribution in [0.2, 0.25) is 0 Å². The number of furan rings is 1. The first-order chi connectivity index (χ1) is 12.8. The average Bonchev–Trinajstić information content (AvgIpc) is 3.20. The molecule has 3 heterocycles. The van der Waals surface area contributed by atoms with Crippen molar-refractivity contribution in [3.8, 4) is 0 Å². The number of nitrogens with one attached hydrogen (secondary N) is 2. The molecule has 1 aliphatic heterocycles. The Morgan fingerprint density at radius 1 is 1.15 bits per heavy atom. The van der Waals surface area contributed by atoms with Gasteiger partial charge in [0.15, 0.2) is 0 Å². The van der Waals surface area contributed by atoms with E-state index in [1.54, 1.807) is 6.26 Å². The molecule has 4 rings (SSSR count). The normalized spacial score (nSPS) is 14.7. The van der Waals surface area contributed by atoms with E-state index < -0.39 is 0 Å². The lowest BCUT2D eigenvalue weighted by atomic mass is 9.93. The predicted molar refractivity (Wildman–Crippen MR) is 102 cm³/mol. The molecule has 5 heteroatoms. The molecule has 1 unspecified atom stereocenters. The summed E-state index contributed by atoms with van der Waals surface area (Å²) in [6.07, 6.45) is 3.65. The maximum atomic E-state index is 5.70. The van der Waals surface area contributed by atoms with E-state index in [1.165, 1.54) is 11.1 Å². The lowest BCUT2D eigenvalue weighted by Gasteiger charge is -2.21. The molecule has 0 saturated carbocycles. The summed E-state index contributed by atoms with van der Waals surface area (Å²) in [6, 6.07) is 14.5. The third-order valence-electron chi connectivity index (χ3n) is 4.86. The van der Waals surface area contributed by atoms with E-state index in [0.29, 0.717) is 0 Å². The summed E-state index contributed by atoms with van der Waals surface area (Å²) in [6.45, 7) is 4.59. The van der Waals surface area contributed by atoms with Gasteiger partial charge < -0.3 is 15.1 Å². The second-order valence-corrected chi connectivity index (χ2v) is 6.67. The van der Waals surface area contributed by atoms with Crippen molar-refractivity contribution in [2.45, 2.75) is 32.2 Å². The Morgan fingerprint density at radius 2 is 2.04 bits per heavy atom. The number of nitrogens with zero attached hydrogens (tertiary/aromatic N) is 2. The van der Waals surface area contributed by atoms with Crippen molar-refractivity contribution in [2.24, 2.45) is 0 Å². The van der Waals surface area contributed by atoms with Crippen LogP contribution in [0.4, 0.5) is 5.82 Å². The zero-order valence-corrected chi connectivity index (χ0v) is 15.0. The molecule has 134 valence electrons. The number of anilines is 1. The average molecular weight is 348 g/mol. The smallest absolute Gasteiger partial charge is 0.133 e. The molecular weight excluding hydrogens is 324 g/mol. The Morgan fingerprint density at radius 3 is 2.85 bits per heavy atom. The van der Waals surface area contributed by atoms with Crippen molar-refractivity contribution in [2.75, 3.05) is 18.4 Å². The first kappa shape index (κ1) is 16.8. The highest BCUT2D eigenvalue weighted by molar-refractivity contribution is 5.48. The maximum Gasteiger partial charge on any atom is 0.133 e. The van der Waals surface area contributed by atoms with Gasteiger partial charge in [-0.2, -0.15) is 0 Å². The van der Waals surface area contributed by atoms with E-state index in [1.807, 2.05) is 19.1 Å². The highest BCUT2D eigenvalue weighted by Gasteiger charge is 2.19. The molecule has 0 amide bonds. The third-order valence-corrected chi connectivity index (χ3v) is 4.86. The molecule has 2 N–H and O–H groups in total. The standard InChI is InChI=1S/C21H24N4O/c1-15-24-19-14-22-11-9-18(19)21(25-15)23-12-10-17(20-8-5-13-26-20)16-6-3-2-4-7-16/h2-8,13,17,22H,9-12,14H2,1H3,(H,23,24,25). The van der Waals surface area contributed by atoms with E-state index >= 15 is 0 Å². The van der Waals surface area contributed by atoms with Crippen LogP contribution >= 0.6 is 0 Å². The minimum atomic E-state index is 0.235. The number of aromatic nitrogens is 2. The van der Waals surface area contributed by atoms with Crippen LogP contribution in [0, 0.1) is 6.92 Å². The minimum Gasteiger partial charge on any atom is -0.469 e. The molecule has 0 radical (unpaired) electrons. The van der Waals surface area contributed by atoms with Crippen LogP contribution in [0.25, 0.3) is 0 Å². The zero-order chi connectivity index (χ0) is 17.8. The van der Waals surface area contributed by atoms with Crippen molar-refractivity contribution in [3.05, 3.63) is 77.1 Å². The van der Waals surface area contributed by atoms with Gasteiger partial charge in [0.1, 0.15) is 17.4 Å². The number of benzene rings is 1. The van der Waals surface area contributed by atoms with E-state index in [4.69, 9.17) is 4.42 Å². The third kappa shape index (κ3) is 3.63. The minimum absolute atomic E-state index is 0.235. The van der Waals surface area contributed by atoms with Gasteiger partial charge in [-0.15, -0.1) is 0 Å². The Bertz CT molecular complexity index is 846. The Labute approximate surface area is 153 Å². The molecule has 1 aliphatic rings. The second kappa shape index (κ2) is 7.70. The summed E-state index contributed by atoms with van der Waals surface area (Å²) in [4.78, 5) is 9.22. The number of hydrogen-bond acceptors (Lipinski definition) is 5. The number of rotatable bonds is 6. The van der Waals surface area contributed by atoms with E-state index in [9.17, 15) is 0 Å². The molecule has 0 fully saturated rings. The molecule has 1 atom stereocenters. The van der Waals surface area contributed by atoms with Gasteiger partial charge in [0, 0.05) is 24.6 Å². The van der Waals surface area contributed by atoms with Crippen LogP contribution in [0.3, 0.4) is 0 Å². The van der Waals surface area contributed by atoms with Gasteiger partial charge in [-0.25, -0.2) is 9.97 Å². The molecular formula is C21H24N4O. The largest absolute Gasteiger partial charge is 0.469 e. The summed E-state index contributed by atoms with van der Waals surface area (Å²) in [5.41, 5.74) is 3.65.